The van der Waals surface area contributed by atoms with Crippen molar-refractivity contribution in [2.75, 3.05) is 7.05 Å². The van der Waals surface area contributed by atoms with E-state index in [2.05, 4.69) is 64.8 Å². The number of aromatic nitrogens is 2. The molecule has 0 fully saturated rings. The number of pyridine rings is 1. The van der Waals surface area contributed by atoms with E-state index in [0.29, 0.717) is 6.04 Å². The van der Waals surface area contributed by atoms with Crippen LogP contribution >= 0.6 is 0 Å². The highest BCUT2D eigenvalue weighted by Gasteiger charge is 2.26. The average molecular weight is 319 g/mol. The van der Waals surface area contributed by atoms with E-state index in [1.807, 2.05) is 13.1 Å². The fraction of sp³-hybridized carbons (Fsp3) is 0.381. The highest BCUT2D eigenvalue weighted by atomic mass is 15.1. The van der Waals surface area contributed by atoms with Gasteiger partial charge in [0, 0.05) is 54.0 Å². The minimum absolute atomic E-state index is 0.599. The normalized spacial score (nSPS) is 18.0. The largest absolute Gasteiger partial charge is 0.344 e. The van der Waals surface area contributed by atoms with Crippen molar-refractivity contribution in [3.05, 3.63) is 65.1 Å². The highest BCUT2D eigenvalue weighted by molar-refractivity contribution is 5.85. The smallest absolute Gasteiger partial charge is 0.0486 e. The molecule has 3 aromatic rings. The fourth-order valence-corrected chi connectivity index (χ4v) is 3.82. The Kier molecular flexibility index (Phi) is 3.89. The maximum absolute atomic E-state index is 4.43. The third-order valence-corrected chi connectivity index (χ3v) is 5.44. The summed E-state index contributed by atoms with van der Waals surface area (Å²) in [5.74, 6) is 0. The van der Waals surface area contributed by atoms with Crippen LogP contribution < -0.4 is 0 Å². The van der Waals surface area contributed by atoms with Crippen LogP contribution in [0.15, 0.2) is 42.6 Å². The second kappa shape index (κ2) is 6.06. The number of rotatable bonds is 3. The molecule has 1 atom stereocenters. The summed E-state index contributed by atoms with van der Waals surface area (Å²) in [5, 5.41) is 1.42. The molecule has 3 heteroatoms. The lowest BCUT2D eigenvalue weighted by Gasteiger charge is -2.31. The van der Waals surface area contributed by atoms with Crippen molar-refractivity contribution in [3.8, 4) is 0 Å². The molecule has 1 unspecified atom stereocenters. The van der Waals surface area contributed by atoms with Crippen LogP contribution in [0.2, 0.25) is 0 Å². The Morgan fingerprint density at radius 3 is 2.79 bits per heavy atom. The third kappa shape index (κ3) is 2.63. The lowest BCUT2D eigenvalue weighted by atomic mass is 10.00. The summed E-state index contributed by atoms with van der Waals surface area (Å²) in [6, 6.07) is 13.8. The minimum atomic E-state index is 0.599. The van der Waals surface area contributed by atoms with Gasteiger partial charge in [-0.25, -0.2) is 0 Å². The van der Waals surface area contributed by atoms with E-state index in [9.17, 15) is 0 Å². The molecule has 0 saturated heterocycles. The van der Waals surface area contributed by atoms with Crippen molar-refractivity contribution >= 4 is 10.9 Å². The zero-order chi connectivity index (χ0) is 16.7. The second-order valence-electron chi connectivity index (χ2n) is 7.12. The summed E-state index contributed by atoms with van der Waals surface area (Å²) in [4.78, 5) is 6.90. The monoisotopic (exact) mass is 319 g/mol. The molecular weight excluding hydrogens is 294 g/mol. The van der Waals surface area contributed by atoms with Crippen LogP contribution in [-0.4, -0.2) is 27.5 Å². The average Bonchev–Trinajstić information content (AvgIpc) is 2.88. The molecule has 1 aliphatic heterocycles. The van der Waals surface area contributed by atoms with Gasteiger partial charge >= 0.3 is 0 Å². The molecule has 0 N–H and O–H groups in total. The van der Waals surface area contributed by atoms with Crippen molar-refractivity contribution in [2.24, 2.45) is 0 Å². The summed E-state index contributed by atoms with van der Waals surface area (Å²) in [5.41, 5.74) is 6.83. The summed E-state index contributed by atoms with van der Waals surface area (Å²) in [7, 11) is 2.23. The van der Waals surface area contributed by atoms with E-state index in [4.69, 9.17) is 0 Å². The molecule has 0 radical (unpaired) electrons. The zero-order valence-electron chi connectivity index (χ0n) is 14.8. The van der Waals surface area contributed by atoms with Crippen LogP contribution in [0.1, 0.15) is 29.4 Å². The van der Waals surface area contributed by atoms with E-state index >= 15 is 0 Å². The summed E-state index contributed by atoms with van der Waals surface area (Å²) >= 11 is 0. The Balaban J connectivity index is 1.72. The molecule has 2 aromatic heterocycles. The number of likely N-dealkylation sites (N-methyl/N-ethyl adjacent to an activating group) is 1. The van der Waals surface area contributed by atoms with Crippen LogP contribution in [0.5, 0.6) is 0 Å². The maximum Gasteiger partial charge on any atom is 0.0486 e. The topological polar surface area (TPSA) is 21.1 Å². The van der Waals surface area contributed by atoms with Gasteiger partial charge in [0.2, 0.25) is 0 Å². The molecule has 3 heterocycles. The lowest BCUT2D eigenvalue weighted by Crippen LogP contribution is -2.35. The number of benzene rings is 1. The molecule has 0 spiro atoms. The molecule has 0 bridgehead atoms. The van der Waals surface area contributed by atoms with Crippen LogP contribution in [-0.2, 0) is 25.9 Å². The molecule has 1 aromatic carbocycles. The van der Waals surface area contributed by atoms with Gasteiger partial charge in [-0.15, -0.1) is 0 Å². The van der Waals surface area contributed by atoms with Crippen molar-refractivity contribution < 1.29 is 0 Å². The minimum Gasteiger partial charge on any atom is -0.344 e. The van der Waals surface area contributed by atoms with Crippen LogP contribution in [0.25, 0.3) is 10.9 Å². The Labute approximate surface area is 143 Å². The Morgan fingerprint density at radius 1 is 1.17 bits per heavy atom. The first kappa shape index (κ1) is 15.4. The first-order chi connectivity index (χ1) is 11.6. The summed E-state index contributed by atoms with van der Waals surface area (Å²) in [6.45, 7) is 6.44. The van der Waals surface area contributed by atoms with Gasteiger partial charge in [-0.3, -0.25) is 9.88 Å². The molecule has 4 rings (SSSR count). The molecule has 0 amide bonds. The van der Waals surface area contributed by atoms with Crippen molar-refractivity contribution in [1.82, 2.24) is 14.5 Å². The predicted molar refractivity (Wildman–Crippen MR) is 99.2 cm³/mol. The van der Waals surface area contributed by atoms with Gasteiger partial charge in [-0.05, 0) is 50.6 Å². The van der Waals surface area contributed by atoms with Gasteiger partial charge in [-0.1, -0.05) is 24.3 Å². The summed E-state index contributed by atoms with van der Waals surface area (Å²) < 4.78 is 2.55. The Bertz CT molecular complexity index is 861. The van der Waals surface area contributed by atoms with Gasteiger partial charge in [0.05, 0.1) is 0 Å². The predicted octanol–water partition coefficient (Wildman–Crippen LogP) is 3.96. The van der Waals surface area contributed by atoms with E-state index < -0.39 is 0 Å². The summed E-state index contributed by atoms with van der Waals surface area (Å²) in [6.07, 6.45) is 4.18. The lowest BCUT2D eigenvalue weighted by molar-refractivity contribution is 0.228. The zero-order valence-corrected chi connectivity index (χ0v) is 14.8. The Hall–Kier alpha value is -2.13. The quantitative estimate of drug-likeness (QED) is 0.728. The van der Waals surface area contributed by atoms with Gasteiger partial charge in [0.15, 0.2) is 0 Å². The van der Waals surface area contributed by atoms with E-state index in [1.54, 1.807) is 0 Å². The number of para-hydroxylation sites is 1. The van der Waals surface area contributed by atoms with Crippen molar-refractivity contribution in [2.45, 2.75) is 45.8 Å². The Morgan fingerprint density at radius 2 is 2.00 bits per heavy atom. The molecular formula is C21H25N3. The van der Waals surface area contributed by atoms with Gasteiger partial charge in [0.1, 0.15) is 0 Å². The van der Waals surface area contributed by atoms with E-state index in [-0.39, 0.29) is 0 Å². The fourth-order valence-electron chi connectivity index (χ4n) is 3.82. The molecule has 3 nitrogen and oxygen atoms in total. The van der Waals surface area contributed by atoms with Crippen molar-refractivity contribution in [3.63, 3.8) is 0 Å². The van der Waals surface area contributed by atoms with Crippen molar-refractivity contribution in [1.29, 1.82) is 0 Å². The molecule has 124 valence electrons. The molecule has 0 saturated carbocycles. The van der Waals surface area contributed by atoms with E-state index in [0.717, 1.165) is 31.6 Å². The highest BCUT2D eigenvalue weighted by Crippen LogP contribution is 2.32. The standard InChI is InChI=1S/C21H25N3/c1-15-8-9-17(13-22-15)10-11-24-20-7-5-4-6-18(20)19-14-23(3)16(2)12-21(19)24/h4-9,13,16H,10-12,14H2,1-3H3. The van der Waals surface area contributed by atoms with Crippen LogP contribution in [0, 0.1) is 6.92 Å². The SMILES string of the molecule is Cc1ccc(CCn2c3c(c4ccccc42)CN(C)C(C)C3)cn1. The van der Waals surface area contributed by atoms with Crippen LogP contribution in [0.3, 0.4) is 0 Å². The molecule has 24 heavy (non-hydrogen) atoms. The third-order valence-electron chi connectivity index (χ3n) is 5.44. The van der Waals surface area contributed by atoms with Gasteiger partial charge in [-0.2, -0.15) is 0 Å². The van der Waals surface area contributed by atoms with E-state index in [1.165, 1.54) is 27.7 Å². The number of aryl methyl sites for hydroxylation is 3. The number of hydrogen-bond acceptors (Lipinski definition) is 2. The second-order valence-corrected chi connectivity index (χ2v) is 7.12. The number of hydrogen-bond donors (Lipinski definition) is 0. The molecule has 1 aliphatic rings. The van der Waals surface area contributed by atoms with Gasteiger partial charge < -0.3 is 4.57 Å². The molecule has 0 aliphatic carbocycles. The maximum atomic E-state index is 4.43. The first-order valence-electron chi connectivity index (χ1n) is 8.84. The number of nitrogens with zero attached hydrogens (tertiary/aromatic N) is 3. The van der Waals surface area contributed by atoms with Gasteiger partial charge in [0.25, 0.3) is 0 Å². The van der Waals surface area contributed by atoms with Crippen LogP contribution in [0.4, 0.5) is 0 Å². The first-order valence-corrected chi connectivity index (χ1v) is 8.84. The number of fused-ring (bicyclic) bond motifs is 3.